The molecule has 2 unspecified atom stereocenters. The van der Waals surface area contributed by atoms with Gasteiger partial charge in [-0.2, -0.15) is 5.10 Å². The Bertz CT molecular complexity index is 665. The molecule has 1 amide bonds. The van der Waals surface area contributed by atoms with Crippen LogP contribution in [0.5, 0.6) is 0 Å². The number of hydrogen-bond acceptors (Lipinski definition) is 3. The molecular formula is C15H17N3OS. The van der Waals surface area contributed by atoms with Gasteiger partial charge in [0.05, 0.1) is 10.5 Å². The summed E-state index contributed by atoms with van der Waals surface area (Å²) in [4.78, 5) is 12.0. The summed E-state index contributed by atoms with van der Waals surface area (Å²) >= 11 is 1.67. The highest BCUT2D eigenvalue weighted by atomic mass is 32.2. The number of aryl methyl sites for hydroxylation is 2. The molecule has 1 aromatic carbocycles. The van der Waals surface area contributed by atoms with Crippen LogP contribution in [-0.2, 0) is 4.79 Å². The number of aromatic amines is 1. The van der Waals surface area contributed by atoms with Crippen LogP contribution in [0, 0.1) is 13.8 Å². The Hall–Kier alpha value is -1.75. The van der Waals surface area contributed by atoms with E-state index in [-0.39, 0.29) is 16.4 Å². The van der Waals surface area contributed by atoms with Crippen molar-refractivity contribution in [1.82, 2.24) is 10.2 Å². The minimum Gasteiger partial charge on any atom is -0.308 e. The molecular weight excluding hydrogens is 270 g/mol. The van der Waals surface area contributed by atoms with E-state index in [9.17, 15) is 4.79 Å². The van der Waals surface area contributed by atoms with Crippen LogP contribution in [0.2, 0.25) is 0 Å². The van der Waals surface area contributed by atoms with E-state index in [1.54, 1.807) is 11.8 Å². The molecule has 0 radical (unpaired) electrons. The summed E-state index contributed by atoms with van der Waals surface area (Å²) in [5, 5.41) is 10.1. The molecule has 1 aliphatic heterocycles. The molecule has 0 spiro atoms. The smallest absolute Gasteiger partial charge is 0.238 e. The molecule has 20 heavy (non-hydrogen) atoms. The van der Waals surface area contributed by atoms with Crippen molar-refractivity contribution in [1.29, 1.82) is 0 Å². The molecule has 3 rings (SSSR count). The molecule has 2 atom stereocenters. The number of benzene rings is 1. The Labute approximate surface area is 122 Å². The summed E-state index contributed by atoms with van der Waals surface area (Å²) in [6.45, 7) is 6.02. The number of rotatable bonds is 1. The van der Waals surface area contributed by atoms with Gasteiger partial charge in [0.15, 0.2) is 5.82 Å². The summed E-state index contributed by atoms with van der Waals surface area (Å²) in [7, 11) is 0. The SMILES string of the molecule is Cc1cccc(C2SC(C)C(=O)Nc3n[nH]c(C)c32)c1. The van der Waals surface area contributed by atoms with Crippen molar-refractivity contribution in [2.24, 2.45) is 0 Å². The fraction of sp³-hybridized carbons (Fsp3) is 0.333. The normalized spacial score (nSPS) is 22.1. The second-order valence-corrected chi connectivity index (χ2v) is 6.62. The number of carbonyl (C=O) groups excluding carboxylic acids is 1. The fourth-order valence-corrected chi connectivity index (χ4v) is 3.80. The maximum atomic E-state index is 12.0. The van der Waals surface area contributed by atoms with Gasteiger partial charge in [-0.15, -0.1) is 11.8 Å². The van der Waals surface area contributed by atoms with Crippen molar-refractivity contribution < 1.29 is 4.79 Å². The zero-order chi connectivity index (χ0) is 14.3. The van der Waals surface area contributed by atoms with Crippen molar-refractivity contribution >= 4 is 23.5 Å². The third kappa shape index (κ3) is 2.22. The average molecular weight is 287 g/mol. The molecule has 0 saturated heterocycles. The second kappa shape index (κ2) is 4.98. The van der Waals surface area contributed by atoms with Gasteiger partial charge in [0.25, 0.3) is 0 Å². The second-order valence-electron chi connectivity index (χ2n) is 5.17. The maximum Gasteiger partial charge on any atom is 0.238 e. The Kier molecular flexibility index (Phi) is 3.30. The van der Waals surface area contributed by atoms with Crippen LogP contribution in [-0.4, -0.2) is 21.4 Å². The number of H-pyrrole nitrogens is 1. The Morgan fingerprint density at radius 2 is 2.10 bits per heavy atom. The van der Waals surface area contributed by atoms with Crippen LogP contribution in [0.1, 0.15) is 34.6 Å². The lowest BCUT2D eigenvalue weighted by Crippen LogP contribution is -2.21. The number of nitrogens with zero attached hydrogens (tertiary/aromatic N) is 1. The van der Waals surface area contributed by atoms with Gasteiger partial charge in [0.2, 0.25) is 5.91 Å². The monoisotopic (exact) mass is 287 g/mol. The number of aromatic nitrogens is 2. The summed E-state index contributed by atoms with van der Waals surface area (Å²) in [5.41, 5.74) is 4.53. The minimum absolute atomic E-state index is 0.0119. The number of fused-ring (bicyclic) bond motifs is 1. The standard InChI is InChI=1S/C15H17N3OS/c1-8-5-4-6-11(7-8)13-12-9(2)17-18-14(12)16-15(19)10(3)20-13/h4-7,10,13H,1-3H3,(H2,16,17,18,19). The lowest BCUT2D eigenvalue weighted by Gasteiger charge is -2.18. The van der Waals surface area contributed by atoms with Gasteiger partial charge in [-0.3, -0.25) is 9.89 Å². The zero-order valence-corrected chi connectivity index (χ0v) is 12.5. The number of hydrogen-bond donors (Lipinski definition) is 2. The highest BCUT2D eigenvalue weighted by Gasteiger charge is 2.32. The van der Waals surface area contributed by atoms with E-state index in [4.69, 9.17) is 0 Å². The minimum atomic E-state index is -0.103. The molecule has 1 aliphatic rings. The van der Waals surface area contributed by atoms with Crippen molar-refractivity contribution in [3.05, 3.63) is 46.6 Å². The number of thioether (sulfide) groups is 1. The molecule has 5 heteroatoms. The molecule has 0 bridgehead atoms. The van der Waals surface area contributed by atoms with Gasteiger partial charge in [-0.1, -0.05) is 29.8 Å². The van der Waals surface area contributed by atoms with Gasteiger partial charge in [-0.05, 0) is 26.3 Å². The van der Waals surface area contributed by atoms with E-state index in [1.807, 2.05) is 13.8 Å². The molecule has 104 valence electrons. The average Bonchev–Trinajstić information content (AvgIpc) is 2.70. The zero-order valence-electron chi connectivity index (χ0n) is 11.7. The first-order chi connectivity index (χ1) is 9.56. The topological polar surface area (TPSA) is 57.8 Å². The van der Waals surface area contributed by atoms with Gasteiger partial charge < -0.3 is 5.32 Å². The van der Waals surface area contributed by atoms with Crippen LogP contribution >= 0.6 is 11.8 Å². The molecule has 0 fully saturated rings. The molecule has 1 aromatic heterocycles. The molecule has 0 aliphatic carbocycles. The highest BCUT2D eigenvalue weighted by Crippen LogP contribution is 2.44. The van der Waals surface area contributed by atoms with E-state index in [0.29, 0.717) is 5.82 Å². The molecule has 0 saturated carbocycles. The summed E-state index contributed by atoms with van der Waals surface area (Å²) < 4.78 is 0. The van der Waals surface area contributed by atoms with Crippen LogP contribution in [0.3, 0.4) is 0 Å². The summed E-state index contributed by atoms with van der Waals surface area (Å²) in [6.07, 6.45) is 0. The quantitative estimate of drug-likeness (QED) is 0.847. The third-order valence-electron chi connectivity index (χ3n) is 3.55. The predicted octanol–water partition coefficient (Wildman–Crippen LogP) is 3.19. The molecule has 2 N–H and O–H groups in total. The van der Waals surface area contributed by atoms with Crippen LogP contribution in [0.25, 0.3) is 0 Å². The number of carbonyl (C=O) groups is 1. The largest absolute Gasteiger partial charge is 0.308 e. The Morgan fingerprint density at radius 1 is 1.30 bits per heavy atom. The highest BCUT2D eigenvalue weighted by molar-refractivity contribution is 8.01. The first-order valence-electron chi connectivity index (χ1n) is 6.64. The van der Waals surface area contributed by atoms with Crippen molar-refractivity contribution in [2.75, 3.05) is 5.32 Å². The predicted molar refractivity (Wildman–Crippen MR) is 82.0 cm³/mol. The van der Waals surface area contributed by atoms with E-state index >= 15 is 0 Å². The van der Waals surface area contributed by atoms with Crippen LogP contribution < -0.4 is 5.32 Å². The van der Waals surface area contributed by atoms with Crippen LogP contribution in [0.4, 0.5) is 5.82 Å². The van der Waals surface area contributed by atoms with E-state index in [0.717, 1.165) is 11.3 Å². The molecule has 2 heterocycles. The number of amides is 1. The molecule has 4 nitrogen and oxygen atoms in total. The van der Waals surface area contributed by atoms with Crippen molar-refractivity contribution in [3.63, 3.8) is 0 Å². The maximum absolute atomic E-state index is 12.0. The lowest BCUT2D eigenvalue weighted by atomic mass is 10.0. The Morgan fingerprint density at radius 3 is 2.85 bits per heavy atom. The van der Waals surface area contributed by atoms with Crippen molar-refractivity contribution in [3.8, 4) is 0 Å². The van der Waals surface area contributed by atoms with Gasteiger partial charge in [0.1, 0.15) is 0 Å². The fourth-order valence-electron chi connectivity index (χ4n) is 2.48. The molecule has 2 aromatic rings. The summed E-state index contributed by atoms with van der Waals surface area (Å²) in [6, 6.07) is 8.44. The number of anilines is 1. The third-order valence-corrected chi connectivity index (χ3v) is 4.95. The van der Waals surface area contributed by atoms with Crippen LogP contribution in [0.15, 0.2) is 24.3 Å². The van der Waals surface area contributed by atoms with Gasteiger partial charge in [0, 0.05) is 11.3 Å². The van der Waals surface area contributed by atoms with E-state index in [1.165, 1.54) is 11.1 Å². The lowest BCUT2D eigenvalue weighted by molar-refractivity contribution is -0.115. The van der Waals surface area contributed by atoms with Gasteiger partial charge in [-0.25, -0.2) is 0 Å². The Balaban J connectivity index is 2.13. The van der Waals surface area contributed by atoms with E-state index in [2.05, 4.69) is 46.7 Å². The number of nitrogens with one attached hydrogen (secondary N) is 2. The van der Waals surface area contributed by atoms with Crippen molar-refractivity contribution in [2.45, 2.75) is 31.3 Å². The first-order valence-corrected chi connectivity index (χ1v) is 7.58. The van der Waals surface area contributed by atoms with Gasteiger partial charge >= 0.3 is 0 Å². The summed E-state index contributed by atoms with van der Waals surface area (Å²) in [5.74, 6) is 0.675. The van der Waals surface area contributed by atoms with E-state index < -0.39 is 0 Å². The first kappa shape index (κ1) is 13.2.